The van der Waals surface area contributed by atoms with Crippen molar-refractivity contribution in [1.82, 2.24) is 9.47 Å². The molecule has 18 heavy (non-hydrogen) atoms. The van der Waals surface area contributed by atoms with E-state index in [2.05, 4.69) is 55.6 Å². The van der Waals surface area contributed by atoms with Gasteiger partial charge in [0.1, 0.15) is 5.75 Å². The lowest BCUT2D eigenvalue weighted by atomic mass is 10.2. The highest BCUT2D eigenvalue weighted by Crippen LogP contribution is 2.24. The third-order valence-corrected chi connectivity index (χ3v) is 3.64. The summed E-state index contributed by atoms with van der Waals surface area (Å²) in [6.45, 7) is 5.41. The SMILES string of the molecule is COc1ccc2c(c1)cc(C)n2CC(C)N(C)C. The fourth-order valence-electron chi connectivity index (χ4n) is 2.18. The average molecular weight is 246 g/mol. The molecule has 0 saturated heterocycles. The minimum Gasteiger partial charge on any atom is -0.497 e. The second kappa shape index (κ2) is 5.02. The van der Waals surface area contributed by atoms with E-state index in [9.17, 15) is 0 Å². The van der Waals surface area contributed by atoms with E-state index in [0.29, 0.717) is 6.04 Å². The molecular weight excluding hydrogens is 224 g/mol. The van der Waals surface area contributed by atoms with Crippen LogP contribution in [-0.4, -0.2) is 36.7 Å². The molecule has 0 aliphatic rings. The zero-order chi connectivity index (χ0) is 13.3. The third-order valence-electron chi connectivity index (χ3n) is 3.64. The highest BCUT2D eigenvalue weighted by Gasteiger charge is 2.11. The van der Waals surface area contributed by atoms with Crippen LogP contribution in [0.15, 0.2) is 24.3 Å². The second-order valence-corrected chi connectivity index (χ2v) is 5.13. The Bertz CT molecular complexity index is 543. The molecule has 0 bridgehead atoms. The largest absolute Gasteiger partial charge is 0.497 e. The number of ether oxygens (including phenoxy) is 1. The van der Waals surface area contributed by atoms with Crippen molar-refractivity contribution in [1.29, 1.82) is 0 Å². The Morgan fingerprint density at radius 3 is 2.61 bits per heavy atom. The number of hydrogen-bond acceptors (Lipinski definition) is 2. The van der Waals surface area contributed by atoms with Crippen LogP contribution in [0.4, 0.5) is 0 Å². The zero-order valence-corrected chi connectivity index (χ0v) is 11.9. The lowest BCUT2D eigenvalue weighted by Gasteiger charge is -2.21. The van der Waals surface area contributed by atoms with Gasteiger partial charge >= 0.3 is 0 Å². The average Bonchev–Trinajstić information content (AvgIpc) is 2.64. The lowest BCUT2D eigenvalue weighted by Crippen LogP contribution is -2.29. The van der Waals surface area contributed by atoms with Crippen molar-refractivity contribution in [3.05, 3.63) is 30.0 Å². The van der Waals surface area contributed by atoms with Gasteiger partial charge in [-0.15, -0.1) is 0 Å². The van der Waals surface area contributed by atoms with Crippen molar-refractivity contribution in [3.8, 4) is 5.75 Å². The molecule has 98 valence electrons. The van der Waals surface area contributed by atoms with Gasteiger partial charge in [0.05, 0.1) is 7.11 Å². The maximum absolute atomic E-state index is 5.27. The maximum atomic E-state index is 5.27. The minimum atomic E-state index is 0.515. The van der Waals surface area contributed by atoms with Crippen LogP contribution < -0.4 is 4.74 Å². The number of aromatic nitrogens is 1. The van der Waals surface area contributed by atoms with Crippen LogP contribution in [-0.2, 0) is 6.54 Å². The van der Waals surface area contributed by atoms with Crippen molar-refractivity contribution in [2.24, 2.45) is 0 Å². The first kappa shape index (κ1) is 13.0. The Labute approximate surface area is 109 Å². The predicted octanol–water partition coefficient (Wildman–Crippen LogP) is 2.91. The number of hydrogen-bond donors (Lipinski definition) is 0. The molecule has 0 saturated carbocycles. The first-order chi connectivity index (χ1) is 8.52. The molecule has 0 amide bonds. The van der Waals surface area contributed by atoms with Crippen LogP contribution in [0.1, 0.15) is 12.6 Å². The van der Waals surface area contributed by atoms with Crippen LogP contribution in [0.5, 0.6) is 5.75 Å². The van der Waals surface area contributed by atoms with Gasteiger partial charge in [-0.3, -0.25) is 0 Å². The van der Waals surface area contributed by atoms with E-state index >= 15 is 0 Å². The summed E-state index contributed by atoms with van der Waals surface area (Å²) in [6, 6.07) is 9.00. The lowest BCUT2D eigenvalue weighted by molar-refractivity contribution is 0.285. The number of benzene rings is 1. The maximum Gasteiger partial charge on any atom is 0.119 e. The van der Waals surface area contributed by atoms with Gasteiger partial charge in [0.15, 0.2) is 0 Å². The molecule has 1 atom stereocenters. The van der Waals surface area contributed by atoms with E-state index in [1.165, 1.54) is 16.6 Å². The molecule has 0 aliphatic heterocycles. The quantitative estimate of drug-likeness (QED) is 0.825. The molecule has 0 fully saturated rings. The van der Waals surface area contributed by atoms with Crippen molar-refractivity contribution in [2.75, 3.05) is 21.2 Å². The number of methoxy groups -OCH3 is 1. The summed E-state index contributed by atoms with van der Waals surface area (Å²) in [5.41, 5.74) is 2.58. The molecule has 3 nitrogen and oxygen atoms in total. The summed E-state index contributed by atoms with van der Waals surface area (Å²) in [7, 11) is 5.95. The minimum absolute atomic E-state index is 0.515. The first-order valence-electron chi connectivity index (χ1n) is 6.33. The van der Waals surface area contributed by atoms with Gasteiger partial charge in [0, 0.05) is 29.2 Å². The number of rotatable bonds is 4. The summed E-state index contributed by atoms with van der Waals surface area (Å²) in [6.07, 6.45) is 0. The van der Waals surface area contributed by atoms with E-state index in [1.807, 2.05) is 6.07 Å². The molecule has 0 aliphatic carbocycles. The standard InChI is InChI=1S/C15H22N2O/c1-11-8-13-9-14(18-5)6-7-15(13)17(11)10-12(2)16(3)4/h6-9,12H,10H2,1-5H3. The molecule has 0 radical (unpaired) electrons. The highest BCUT2D eigenvalue weighted by atomic mass is 16.5. The molecule has 1 heterocycles. The van der Waals surface area contributed by atoms with E-state index in [0.717, 1.165) is 12.3 Å². The molecule has 3 heteroatoms. The monoisotopic (exact) mass is 246 g/mol. The van der Waals surface area contributed by atoms with Gasteiger partial charge in [-0.1, -0.05) is 0 Å². The fraction of sp³-hybridized carbons (Fsp3) is 0.467. The van der Waals surface area contributed by atoms with Crippen molar-refractivity contribution < 1.29 is 4.74 Å². The molecule has 1 aromatic heterocycles. The van der Waals surface area contributed by atoms with Crippen molar-refractivity contribution >= 4 is 10.9 Å². The fourth-order valence-corrected chi connectivity index (χ4v) is 2.18. The summed E-state index contributed by atoms with van der Waals surface area (Å²) in [4.78, 5) is 2.24. The Balaban J connectivity index is 2.41. The Morgan fingerprint density at radius 1 is 1.28 bits per heavy atom. The zero-order valence-electron chi connectivity index (χ0n) is 11.9. The normalized spacial score (nSPS) is 13.2. The van der Waals surface area contributed by atoms with E-state index in [-0.39, 0.29) is 0 Å². The van der Waals surface area contributed by atoms with Crippen LogP contribution in [0.2, 0.25) is 0 Å². The number of nitrogens with zero attached hydrogens (tertiary/aromatic N) is 2. The molecule has 1 aromatic carbocycles. The van der Waals surface area contributed by atoms with Gasteiger partial charge in [-0.05, 0) is 52.2 Å². The van der Waals surface area contributed by atoms with Gasteiger partial charge in [0.2, 0.25) is 0 Å². The highest BCUT2D eigenvalue weighted by molar-refractivity contribution is 5.82. The summed E-state index contributed by atoms with van der Waals surface area (Å²) in [5, 5.41) is 1.25. The topological polar surface area (TPSA) is 17.4 Å². The van der Waals surface area contributed by atoms with Gasteiger partial charge in [-0.25, -0.2) is 0 Å². The van der Waals surface area contributed by atoms with Crippen molar-refractivity contribution in [2.45, 2.75) is 26.4 Å². The van der Waals surface area contributed by atoms with Gasteiger partial charge < -0.3 is 14.2 Å². The van der Waals surface area contributed by atoms with E-state index in [1.54, 1.807) is 7.11 Å². The number of aryl methyl sites for hydroxylation is 1. The van der Waals surface area contributed by atoms with Crippen LogP contribution in [0, 0.1) is 6.92 Å². The second-order valence-electron chi connectivity index (χ2n) is 5.13. The van der Waals surface area contributed by atoms with Gasteiger partial charge in [0.25, 0.3) is 0 Å². The molecule has 2 aromatic rings. The smallest absolute Gasteiger partial charge is 0.119 e. The molecule has 0 spiro atoms. The summed E-state index contributed by atoms with van der Waals surface area (Å²) >= 11 is 0. The summed E-state index contributed by atoms with van der Waals surface area (Å²) in [5.74, 6) is 0.917. The molecule has 2 rings (SSSR count). The van der Waals surface area contributed by atoms with Crippen molar-refractivity contribution in [3.63, 3.8) is 0 Å². The van der Waals surface area contributed by atoms with Crippen LogP contribution in [0.3, 0.4) is 0 Å². The molecular formula is C15H22N2O. The van der Waals surface area contributed by atoms with Crippen LogP contribution >= 0.6 is 0 Å². The van der Waals surface area contributed by atoms with E-state index < -0.39 is 0 Å². The predicted molar refractivity (Wildman–Crippen MR) is 76.4 cm³/mol. The summed E-state index contributed by atoms with van der Waals surface area (Å²) < 4.78 is 7.65. The Kier molecular flexibility index (Phi) is 3.62. The first-order valence-corrected chi connectivity index (χ1v) is 6.33. The van der Waals surface area contributed by atoms with Crippen LogP contribution in [0.25, 0.3) is 10.9 Å². The van der Waals surface area contributed by atoms with Gasteiger partial charge in [-0.2, -0.15) is 0 Å². The Morgan fingerprint density at radius 2 is 2.00 bits per heavy atom. The molecule has 0 N–H and O–H groups in total. The molecule has 1 unspecified atom stereocenters. The Hall–Kier alpha value is -1.48. The number of likely N-dealkylation sites (N-methyl/N-ethyl adjacent to an activating group) is 1. The third kappa shape index (κ3) is 2.36. The number of fused-ring (bicyclic) bond motifs is 1. The van der Waals surface area contributed by atoms with E-state index in [4.69, 9.17) is 4.74 Å².